The van der Waals surface area contributed by atoms with Gasteiger partial charge >= 0.3 is 0 Å². The van der Waals surface area contributed by atoms with Gasteiger partial charge in [0.25, 0.3) is 0 Å². The summed E-state index contributed by atoms with van der Waals surface area (Å²) in [6.45, 7) is 0. The summed E-state index contributed by atoms with van der Waals surface area (Å²) in [7, 11) is 0. The van der Waals surface area contributed by atoms with Crippen molar-refractivity contribution in [3.63, 3.8) is 0 Å². The van der Waals surface area contributed by atoms with Gasteiger partial charge in [-0.15, -0.1) is 0 Å². The van der Waals surface area contributed by atoms with Gasteiger partial charge in [-0.3, -0.25) is 0 Å². The van der Waals surface area contributed by atoms with Gasteiger partial charge < -0.3 is 0 Å². The highest BCUT2D eigenvalue weighted by Crippen LogP contribution is 2.35. The second kappa shape index (κ2) is 15.9. The third-order valence-electron chi connectivity index (χ3n) is 11.2. The lowest BCUT2D eigenvalue weighted by Gasteiger charge is -2.12. The molecule has 0 aliphatic rings. The topological polar surface area (TPSA) is 77.3 Å². The molecule has 2 heterocycles. The van der Waals surface area contributed by atoms with Crippen molar-refractivity contribution >= 4 is 21.5 Å². The van der Waals surface area contributed by atoms with E-state index in [1.165, 1.54) is 10.8 Å². The summed E-state index contributed by atoms with van der Waals surface area (Å²) in [4.78, 5) is 29.8. The molecule has 0 saturated carbocycles. The molecule has 0 N–H and O–H groups in total. The molecule has 290 valence electrons. The molecular weight excluding hydrogens is 757 g/mol. The molecule has 0 unspecified atom stereocenters. The highest BCUT2D eigenvalue weighted by atomic mass is 15.0. The number of fused-ring (bicyclic) bond motifs is 2. The van der Waals surface area contributed by atoms with E-state index in [4.69, 9.17) is 29.9 Å². The average Bonchev–Trinajstić information content (AvgIpc) is 3.36. The van der Waals surface area contributed by atoms with Crippen LogP contribution in [0.5, 0.6) is 0 Å². The van der Waals surface area contributed by atoms with Gasteiger partial charge in [0, 0.05) is 33.4 Å². The van der Waals surface area contributed by atoms with E-state index in [9.17, 15) is 0 Å². The lowest BCUT2D eigenvalue weighted by molar-refractivity contribution is 1.07. The van der Waals surface area contributed by atoms with E-state index in [2.05, 4.69) is 127 Å². The molecule has 0 atom stereocenters. The summed E-state index contributed by atoms with van der Waals surface area (Å²) < 4.78 is 0. The summed E-state index contributed by atoms with van der Waals surface area (Å²) in [5, 5.41) is 4.63. The van der Waals surface area contributed by atoms with Gasteiger partial charge in [0.1, 0.15) is 0 Å². The molecule has 0 radical (unpaired) electrons. The van der Waals surface area contributed by atoms with E-state index in [-0.39, 0.29) is 0 Å². The van der Waals surface area contributed by atoms with Gasteiger partial charge in [0.05, 0.1) is 0 Å². The van der Waals surface area contributed by atoms with Gasteiger partial charge in [0.2, 0.25) is 0 Å². The third-order valence-corrected chi connectivity index (χ3v) is 11.2. The zero-order chi connectivity index (χ0) is 41.2. The molecule has 0 spiro atoms. The second-order valence-corrected chi connectivity index (χ2v) is 15.2. The standard InChI is InChI=1S/C56H36N6/c1-4-15-39(16-5-1)51-57-52(40-17-6-2-7-18-40)59-54(58-51)42-29-27-38(28-30-42)49-25-13-23-46-34-45(32-33-50(46)49)44-22-12-24-47(36-44)55-60-53(41-19-8-3-9-20-41)61-56(62-55)48-31-26-37-14-10-11-21-43(37)35-48/h1-36H. The first kappa shape index (κ1) is 36.6. The van der Waals surface area contributed by atoms with Crippen molar-refractivity contribution in [2.24, 2.45) is 0 Å². The zero-order valence-electron chi connectivity index (χ0n) is 33.5. The molecule has 0 saturated heterocycles. The van der Waals surface area contributed by atoms with Crippen LogP contribution in [0.25, 0.3) is 112 Å². The van der Waals surface area contributed by atoms with Crippen molar-refractivity contribution in [2.75, 3.05) is 0 Å². The van der Waals surface area contributed by atoms with Crippen molar-refractivity contribution in [1.82, 2.24) is 29.9 Å². The van der Waals surface area contributed by atoms with Crippen LogP contribution in [0.3, 0.4) is 0 Å². The molecule has 62 heavy (non-hydrogen) atoms. The van der Waals surface area contributed by atoms with E-state index in [0.29, 0.717) is 34.9 Å². The van der Waals surface area contributed by atoms with E-state index in [0.717, 1.165) is 66.4 Å². The number of aromatic nitrogens is 6. The van der Waals surface area contributed by atoms with Gasteiger partial charge in [-0.05, 0) is 62.0 Å². The highest BCUT2D eigenvalue weighted by Gasteiger charge is 2.16. The van der Waals surface area contributed by atoms with Crippen molar-refractivity contribution < 1.29 is 0 Å². The quantitative estimate of drug-likeness (QED) is 0.152. The van der Waals surface area contributed by atoms with Crippen LogP contribution < -0.4 is 0 Å². The molecule has 11 aromatic rings. The van der Waals surface area contributed by atoms with Crippen LogP contribution in [0.2, 0.25) is 0 Å². The van der Waals surface area contributed by atoms with Gasteiger partial charge in [-0.25, -0.2) is 29.9 Å². The maximum atomic E-state index is 5.06. The number of benzene rings is 9. The first-order valence-electron chi connectivity index (χ1n) is 20.6. The Kier molecular flexibility index (Phi) is 9.41. The third kappa shape index (κ3) is 7.27. The molecule has 2 aromatic heterocycles. The smallest absolute Gasteiger partial charge is 0.164 e. The Morgan fingerprint density at radius 1 is 0.194 bits per heavy atom. The Morgan fingerprint density at radius 3 is 1.13 bits per heavy atom. The SMILES string of the molecule is c1ccc(-c2nc(-c3ccccc3)nc(-c3ccc(-c4cccc5cc(-c6cccc(-c7nc(-c8ccccc8)nc(-c8ccc9ccccc9c8)n7)c6)ccc45)cc3)n2)cc1. The summed E-state index contributed by atoms with van der Waals surface area (Å²) in [6, 6.07) is 75.0. The molecule has 0 amide bonds. The van der Waals surface area contributed by atoms with Crippen molar-refractivity contribution in [2.45, 2.75) is 0 Å². The van der Waals surface area contributed by atoms with E-state index >= 15 is 0 Å². The monoisotopic (exact) mass is 792 g/mol. The fourth-order valence-electron chi connectivity index (χ4n) is 7.97. The largest absolute Gasteiger partial charge is 0.208 e. The first-order valence-corrected chi connectivity index (χ1v) is 20.6. The summed E-state index contributed by atoms with van der Waals surface area (Å²) in [5.74, 6) is 3.82. The maximum absolute atomic E-state index is 5.06. The summed E-state index contributed by atoms with van der Waals surface area (Å²) in [5.41, 5.74) is 10.1. The minimum absolute atomic E-state index is 0.625. The lowest BCUT2D eigenvalue weighted by atomic mass is 9.94. The first-order chi connectivity index (χ1) is 30.7. The molecule has 0 aliphatic heterocycles. The molecule has 11 rings (SSSR count). The fraction of sp³-hybridized carbons (Fsp3) is 0. The van der Waals surface area contributed by atoms with E-state index in [1.54, 1.807) is 0 Å². The van der Waals surface area contributed by atoms with Gasteiger partial charge in [0.15, 0.2) is 34.9 Å². The number of hydrogen-bond donors (Lipinski definition) is 0. The van der Waals surface area contributed by atoms with Crippen LogP contribution in [0.15, 0.2) is 218 Å². The summed E-state index contributed by atoms with van der Waals surface area (Å²) in [6.07, 6.45) is 0. The molecule has 0 bridgehead atoms. The normalized spacial score (nSPS) is 11.2. The van der Waals surface area contributed by atoms with Crippen LogP contribution in [0.4, 0.5) is 0 Å². The molecule has 6 nitrogen and oxygen atoms in total. The van der Waals surface area contributed by atoms with Crippen molar-refractivity contribution in [1.29, 1.82) is 0 Å². The fourth-order valence-corrected chi connectivity index (χ4v) is 7.97. The lowest BCUT2D eigenvalue weighted by Crippen LogP contribution is -2.00. The number of nitrogens with zero attached hydrogens (tertiary/aromatic N) is 6. The number of rotatable bonds is 8. The van der Waals surface area contributed by atoms with Crippen LogP contribution in [0.1, 0.15) is 0 Å². The van der Waals surface area contributed by atoms with E-state index < -0.39 is 0 Å². The zero-order valence-corrected chi connectivity index (χ0v) is 33.5. The Labute approximate surface area is 359 Å². The molecule has 0 fully saturated rings. The van der Waals surface area contributed by atoms with Crippen LogP contribution in [-0.2, 0) is 0 Å². The van der Waals surface area contributed by atoms with Crippen LogP contribution >= 0.6 is 0 Å². The molecule has 6 heteroatoms. The van der Waals surface area contributed by atoms with Gasteiger partial charge in [-0.1, -0.05) is 200 Å². The predicted octanol–water partition coefficient (Wildman–Crippen LogP) is 13.7. The van der Waals surface area contributed by atoms with Crippen molar-refractivity contribution in [3.8, 4) is 90.6 Å². The van der Waals surface area contributed by atoms with Gasteiger partial charge in [-0.2, -0.15) is 0 Å². The Bertz CT molecular complexity index is 3330. The van der Waals surface area contributed by atoms with E-state index in [1.807, 2.05) is 91.0 Å². The predicted molar refractivity (Wildman–Crippen MR) is 252 cm³/mol. The highest BCUT2D eigenvalue weighted by molar-refractivity contribution is 5.99. The molecule has 0 aliphatic carbocycles. The van der Waals surface area contributed by atoms with Crippen molar-refractivity contribution in [3.05, 3.63) is 218 Å². The average molecular weight is 793 g/mol. The number of hydrogen-bond acceptors (Lipinski definition) is 6. The minimum atomic E-state index is 0.625. The summed E-state index contributed by atoms with van der Waals surface area (Å²) >= 11 is 0. The molecule has 9 aromatic carbocycles. The van der Waals surface area contributed by atoms with Crippen LogP contribution in [0, 0.1) is 0 Å². The minimum Gasteiger partial charge on any atom is -0.208 e. The Balaban J connectivity index is 0.924. The Hall–Kier alpha value is -8.48. The Morgan fingerprint density at radius 2 is 0.548 bits per heavy atom. The second-order valence-electron chi connectivity index (χ2n) is 15.2. The molecular formula is C56H36N6. The maximum Gasteiger partial charge on any atom is 0.164 e. The van der Waals surface area contributed by atoms with Crippen LogP contribution in [-0.4, -0.2) is 29.9 Å².